The molecule has 0 radical (unpaired) electrons. The first-order valence-electron chi connectivity index (χ1n) is 7.36. The number of aliphatic hydroxyl groups is 1. The molecule has 4 heteroatoms. The fourth-order valence-electron chi connectivity index (χ4n) is 2.00. The molecule has 0 saturated heterocycles. The lowest BCUT2D eigenvalue weighted by molar-refractivity contribution is 0.0942. The van der Waals surface area contributed by atoms with Crippen LogP contribution in [0.4, 0.5) is 5.69 Å². The molecule has 20 heavy (non-hydrogen) atoms. The Labute approximate surface area is 121 Å². The minimum atomic E-state index is -0.0876. The molecule has 0 bridgehead atoms. The molecule has 0 aliphatic carbocycles. The zero-order valence-corrected chi connectivity index (χ0v) is 12.7. The number of carbonyl (C=O) groups excluding carboxylic acids is 1. The maximum absolute atomic E-state index is 11.9. The van der Waals surface area contributed by atoms with E-state index in [2.05, 4.69) is 24.1 Å². The van der Waals surface area contributed by atoms with E-state index in [4.69, 9.17) is 5.11 Å². The van der Waals surface area contributed by atoms with Crippen LogP contribution >= 0.6 is 0 Å². The number of hydrogen-bond donors (Lipinski definition) is 2. The van der Waals surface area contributed by atoms with E-state index in [-0.39, 0.29) is 18.4 Å². The summed E-state index contributed by atoms with van der Waals surface area (Å²) in [6.07, 6.45) is 1.11. The van der Waals surface area contributed by atoms with Crippen molar-refractivity contribution in [2.75, 3.05) is 31.1 Å². The average molecular weight is 278 g/mol. The lowest BCUT2D eigenvalue weighted by Crippen LogP contribution is -2.29. The Kier molecular flexibility index (Phi) is 7.09. The molecule has 0 fully saturated rings. The SMILES string of the molecule is CCCN(CC)c1ccc(C(=O)NCC(C)CO)cc1. The highest BCUT2D eigenvalue weighted by molar-refractivity contribution is 5.94. The van der Waals surface area contributed by atoms with Gasteiger partial charge in [-0.1, -0.05) is 13.8 Å². The van der Waals surface area contributed by atoms with Gasteiger partial charge in [0.25, 0.3) is 5.91 Å². The van der Waals surface area contributed by atoms with Crippen molar-refractivity contribution in [2.24, 2.45) is 5.92 Å². The summed E-state index contributed by atoms with van der Waals surface area (Å²) in [6.45, 7) is 8.76. The van der Waals surface area contributed by atoms with E-state index in [1.54, 1.807) is 0 Å². The van der Waals surface area contributed by atoms with Crippen LogP contribution in [0.1, 0.15) is 37.6 Å². The predicted molar refractivity (Wildman–Crippen MR) is 83.2 cm³/mol. The maximum atomic E-state index is 11.9. The predicted octanol–water partition coefficient (Wildman–Crippen LogP) is 2.28. The maximum Gasteiger partial charge on any atom is 0.251 e. The van der Waals surface area contributed by atoms with E-state index in [9.17, 15) is 4.79 Å². The van der Waals surface area contributed by atoms with Crippen molar-refractivity contribution in [1.82, 2.24) is 5.32 Å². The van der Waals surface area contributed by atoms with Gasteiger partial charge in [-0.2, -0.15) is 0 Å². The van der Waals surface area contributed by atoms with Crippen LogP contribution in [0.5, 0.6) is 0 Å². The molecule has 1 aromatic rings. The first-order chi connectivity index (χ1) is 9.62. The van der Waals surface area contributed by atoms with Crippen molar-refractivity contribution in [3.63, 3.8) is 0 Å². The van der Waals surface area contributed by atoms with Gasteiger partial charge in [-0.05, 0) is 43.5 Å². The Hall–Kier alpha value is -1.55. The number of carbonyl (C=O) groups is 1. The molecule has 0 aromatic heterocycles. The summed E-state index contributed by atoms with van der Waals surface area (Å²) in [5.41, 5.74) is 1.81. The molecular formula is C16H26N2O2. The number of hydrogen-bond acceptors (Lipinski definition) is 3. The third-order valence-electron chi connectivity index (χ3n) is 3.29. The van der Waals surface area contributed by atoms with Crippen molar-refractivity contribution >= 4 is 11.6 Å². The molecule has 0 aliphatic rings. The van der Waals surface area contributed by atoms with E-state index < -0.39 is 0 Å². The quantitative estimate of drug-likeness (QED) is 0.767. The van der Waals surface area contributed by atoms with Gasteiger partial charge in [0, 0.05) is 37.5 Å². The van der Waals surface area contributed by atoms with Crippen LogP contribution in [-0.4, -0.2) is 37.3 Å². The van der Waals surface area contributed by atoms with Gasteiger partial charge in [-0.25, -0.2) is 0 Å². The molecule has 112 valence electrons. The highest BCUT2D eigenvalue weighted by Crippen LogP contribution is 2.15. The molecule has 2 N–H and O–H groups in total. The average Bonchev–Trinajstić information content (AvgIpc) is 2.50. The van der Waals surface area contributed by atoms with Crippen LogP contribution in [0.3, 0.4) is 0 Å². The monoisotopic (exact) mass is 278 g/mol. The first-order valence-corrected chi connectivity index (χ1v) is 7.36. The van der Waals surface area contributed by atoms with Gasteiger partial charge in [0.15, 0.2) is 0 Å². The molecular weight excluding hydrogens is 252 g/mol. The van der Waals surface area contributed by atoms with E-state index in [1.807, 2.05) is 31.2 Å². The van der Waals surface area contributed by atoms with Crippen LogP contribution in [0.15, 0.2) is 24.3 Å². The van der Waals surface area contributed by atoms with Crippen LogP contribution in [-0.2, 0) is 0 Å². The van der Waals surface area contributed by atoms with Gasteiger partial charge in [0.2, 0.25) is 0 Å². The summed E-state index contributed by atoms with van der Waals surface area (Å²) in [4.78, 5) is 14.2. The van der Waals surface area contributed by atoms with Gasteiger partial charge in [0.05, 0.1) is 0 Å². The summed E-state index contributed by atoms with van der Waals surface area (Å²) >= 11 is 0. The number of amides is 1. The first kappa shape index (κ1) is 16.5. The summed E-state index contributed by atoms with van der Waals surface area (Å²) in [7, 11) is 0. The van der Waals surface area contributed by atoms with Gasteiger partial charge in [-0.3, -0.25) is 4.79 Å². The molecule has 1 rings (SSSR count). The normalized spacial score (nSPS) is 12.0. The third kappa shape index (κ3) is 4.85. The standard InChI is InChI=1S/C16H26N2O2/c1-4-10-18(5-2)15-8-6-14(7-9-15)16(20)17-11-13(3)12-19/h6-9,13,19H,4-5,10-12H2,1-3H3,(H,17,20). The molecule has 1 aromatic carbocycles. The molecule has 0 aliphatic heterocycles. The minimum absolute atomic E-state index is 0.0818. The van der Waals surface area contributed by atoms with Gasteiger partial charge in [-0.15, -0.1) is 0 Å². The van der Waals surface area contributed by atoms with Crippen LogP contribution < -0.4 is 10.2 Å². The fraction of sp³-hybridized carbons (Fsp3) is 0.562. The molecule has 1 atom stereocenters. The number of nitrogens with one attached hydrogen (secondary N) is 1. The Bertz CT molecular complexity index is 403. The second-order valence-corrected chi connectivity index (χ2v) is 5.12. The number of nitrogens with zero attached hydrogens (tertiary/aromatic N) is 1. The number of rotatable bonds is 8. The summed E-state index contributed by atoms with van der Waals surface area (Å²) < 4.78 is 0. The zero-order valence-electron chi connectivity index (χ0n) is 12.7. The number of aliphatic hydroxyl groups excluding tert-OH is 1. The molecule has 0 saturated carbocycles. The Morgan fingerprint density at radius 3 is 2.45 bits per heavy atom. The summed E-state index contributed by atoms with van der Waals surface area (Å²) in [6, 6.07) is 7.69. The van der Waals surface area contributed by atoms with E-state index in [0.717, 1.165) is 25.2 Å². The van der Waals surface area contributed by atoms with E-state index in [1.165, 1.54) is 0 Å². The van der Waals surface area contributed by atoms with Crippen molar-refractivity contribution in [3.05, 3.63) is 29.8 Å². The van der Waals surface area contributed by atoms with Crippen LogP contribution in [0.2, 0.25) is 0 Å². The molecule has 0 spiro atoms. The Balaban J connectivity index is 2.63. The largest absolute Gasteiger partial charge is 0.396 e. The van der Waals surface area contributed by atoms with Crippen molar-refractivity contribution in [2.45, 2.75) is 27.2 Å². The topological polar surface area (TPSA) is 52.6 Å². The van der Waals surface area contributed by atoms with E-state index in [0.29, 0.717) is 12.1 Å². The Morgan fingerprint density at radius 2 is 1.95 bits per heavy atom. The summed E-state index contributed by atoms with van der Waals surface area (Å²) in [5, 5.41) is 11.8. The third-order valence-corrected chi connectivity index (χ3v) is 3.29. The smallest absolute Gasteiger partial charge is 0.251 e. The second-order valence-electron chi connectivity index (χ2n) is 5.12. The zero-order chi connectivity index (χ0) is 15.0. The second kappa shape index (κ2) is 8.59. The molecule has 1 unspecified atom stereocenters. The van der Waals surface area contributed by atoms with Crippen LogP contribution in [0, 0.1) is 5.92 Å². The number of anilines is 1. The Morgan fingerprint density at radius 1 is 1.30 bits per heavy atom. The number of benzene rings is 1. The summed E-state index contributed by atoms with van der Waals surface area (Å²) in [5.74, 6) is -0.00579. The lowest BCUT2D eigenvalue weighted by atomic mass is 10.1. The van der Waals surface area contributed by atoms with E-state index >= 15 is 0 Å². The highest BCUT2D eigenvalue weighted by atomic mass is 16.3. The van der Waals surface area contributed by atoms with Gasteiger partial charge < -0.3 is 15.3 Å². The van der Waals surface area contributed by atoms with Gasteiger partial charge >= 0.3 is 0 Å². The van der Waals surface area contributed by atoms with Crippen molar-refractivity contribution < 1.29 is 9.90 Å². The molecule has 4 nitrogen and oxygen atoms in total. The van der Waals surface area contributed by atoms with Crippen molar-refractivity contribution in [3.8, 4) is 0 Å². The van der Waals surface area contributed by atoms with Crippen LogP contribution in [0.25, 0.3) is 0 Å². The lowest BCUT2D eigenvalue weighted by Gasteiger charge is -2.22. The minimum Gasteiger partial charge on any atom is -0.396 e. The molecule has 0 heterocycles. The highest BCUT2D eigenvalue weighted by Gasteiger charge is 2.08. The van der Waals surface area contributed by atoms with Crippen molar-refractivity contribution in [1.29, 1.82) is 0 Å². The fourth-order valence-corrected chi connectivity index (χ4v) is 2.00. The molecule has 1 amide bonds. The van der Waals surface area contributed by atoms with Gasteiger partial charge in [0.1, 0.15) is 0 Å².